The lowest BCUT2D eigenvalue weighted by Gasteiger charge is -2.37. The third-order valence-electron chi connectivity index (χ3n) is 11.3. The molecule has 54 heavy (non-hydrogen) atoms. The molecule has 12 heteroatoms. The smallest absolute Gasteiger partial charge is 0.264 e. The van der Waals surface area contributed by atoms with Gasteiger partial charge in [-0.05, 0) is 90.8 Å². The summed E-state index contributed by atoms with van der Waals surface area (Å²) in [4.78, 5) is 57.5. The van der Waals surface area contributed by atoms with Crippen LogP contribution in [0.5, 0.6) is 11.5 Å². The molecule has 3 aliphatic heterocycles. The molecule has 1 saturated heterocycles. The predicted molar refractivity (Wildman–Crippen MR) is 207 cm³/mol. The van der Waals surface area contributed by atoms with Gasteiger partial charge in [-0.2, -0.15) is 0 Å². The fourth-order valence-corrected chi connectivity index (χ4v) is 11.3. The maximum atomic E-state index is 15.0. The summed E-state index contributed by atoms with van der Waals surface area (Å²) in [6.07, 6.45) is -0.259. The monoisotopic (exact) mass is 749 g/mol. The summed E-state index contributed by atoms with van der Waals surface area (Å²) in [6.45, 7) is 5.97. The number of ether oxygens (including phenoxy) is 3. The predicted octanol–water partition coefficient (Wildman–Crippen LogP) is 5.64. The van der Waals surface area contributed by atoms with Crippen LogP contribution in [0.15, 0.2) is 91.0 Å². The number of aliphatic hydroxyl groups is 1. The SMILES string of the molecule is COc1ccc(C(=O)Nc2cccc(CN3C(=O)[C@]4(O[C@H](CC(=O)N5Cc6ccccc6C[C@H]5CO)[C@@H]([Si](C)(C)O)[C@@H]4C)c4cc(OC)ccc43)c2)cc1. The Balaban J connectivity index is 1.18. The van der Waals surface area contributed by atoms with E-state index in [-0.39, 0.29) is 43.3 Å². The van der Waals surface area contributed by atoms with Crippen LogP contribution in [0.25, 0.3) is 0 Å². The molecule has 1 fully saturated rings. The van der Waals surface area contributed by atoms with Crippen molar-refractivity contribution in [2.45, 2.75) is 69.2 Å². The zero-order chi connectivity index (χ0) is 38.4. The van der Waals surface area contributed by atoms with Crippen molar-refractivity contribution in [3.8, 4) is 11.5 Å². The number of carbonyl (C=O) groups is 3. The number of benzene rings is 4. The second kappa shape index (κ2) is 14.7. The number of aliphatic hydroxyl groups excluding tert-OH is 1. The number of methoxy groups -OCH3 is 2. The number of nitrogens with one attached hydrogen (secondary N) is 1. The van der Waals surface area contributed by atoms with Crippen LogP contribution in [-0.4, -0.2) is 73.8 Å². The third-order valence-corrected chi connectivity index (χ3v) is 13.8. The lowest BCUT2D eigenvalue weighted by Crippen LogP contribution is -2.48. The maximum Gasteiger partial charge on any atom is 0.264 e. The first-order chi connectivity index (χ1) is 25.9. The van der Waals surface area contributed by atoms with Crippen LogP contribution in [0, 0.1) is 5.92 Å². The Hall–Kier alpha value is -5.01. The summed E-state index contributed by atoms with van der Waals surface area (Å²) in [5.41, 5.74) is 3.29. The number of amides is 3. The highest BCUT2D eigenvalue weighted by Gasteiger charge is 2.66. The van der Waals surface area contributed by atoms with Gasteiger partial charge in [-0.3, -0.25) is 14.4 Å². The van der Waals surface area contributed by atoms with E-state index in [1.54, 1.807) is 60.4 Å². The minimum absolute atomic E-state index is 0.0467. The van der Waals surface area contributed by atoms with Gasteiger partial charge < -0.3 is 39.2 Å². The van der Waals surface area contributed by atoms with Crippen LogP contribution in [-0.2, 0) is 39.4 Å². The molecule has 11 nitrogen and oxygen atoms in total. The van der Waals surface area contributed by atoms with Crippen molar-refractivity contribution in [2.75, 3.05) is 31.0 Å². The topological polar surface area (TPSA) is 138 Å². The lowest BCUT2D eigenvalue weighted by molar-refractivity contribution is -0.151. The van der Waals surface area contributed by atoms with E-state index in [1.165, 1.54) is 0 Å². The number of fused-ring (bicyclic) bond motifs is 3. The second-order valence-corrected chi connectivity index (χ2v) is 19.0. The fourth-order valence-electron chi connectivity index (χ4n) is 8.75. The molecule has 0 radical (unpaired) electrons. The summed E-state index contributed by atoms with van der Waals surface area (Å²) in [5, 5.41) is 13.3. The van der Waals surface area contributed by atoms with Crippen molar-refractivity contribution in [1.82, 2.24) is 4.90 Å². The van der Waals surface area contributed by atoms with E-state index in [2.05, 4.69) is 5.32 Å². The minimum Gasteiger partial charge on any atom is -0.497 e. The average molecular weight is 750 g/mol. The Morgan fingerprint density at radius 3 is 2.33 bits per heavy atom. The molecule has 0 unspecified atom stereocenters. The van der Waals surface area contributed by atoms with Crippen molar-refractivity contribution in [3.05, 3.63) is 119 Å². The molecular formula is C42H47N3O8Si. The van der Waals surface area contributed by atoms with Crippen molar-refractivity contribution >= 4 is 37.4 Å². The number of rotatable bonds is 10. The first kappa shape index (κ1) is 37.3. The van der Waals surface area contributed by atoms with Gasteiger partial charge in [0.1, 0.15) is 11.5 Å². The Kier molecular flexibility index (Phi) is 10.1. The normalized spacial score (nSPS) is 23.3. The lowest BCUT2D eigenvalue weighted by atomic mass is 9.82. The maximum absolute atomic E-state index is 15.0. The van der Waals surface area contributed by atoms with E-state index >= 15 is 4.79 Å². The number of nitrogens with zero attached hydrogens (tertiary/aromatic N) is 2. The molecule has 0 aliphatic carbocycles. The van der Waals surface area contributed by atoms with Gasteiger partial charge in [0.15, 0.2) is 13.9 Å². The first-order valence-corrected chi connectivity index (χ1v) is 21.3. The summed E-state index contributed by atoms with van der Waals surface area (Å²) >= 11 is 0. The highest BCUT2D eigenvalue weighted by Crippen LogP contribution is 2.60. The second-order valence-electron chi connectivity index (χ2n) is 15.1. The van der Waals surface area contributed by atoms with E-state index in [1.807, 2.05) is 74.6 Å². The van der Waals surface area contributed by atoms with Crippen LogP contribution < -0.4 is 19.7 Å². The molecule has 3 aliphatic rings. The molecule has 282 valence electrons. The number of carbonyl (C=O) groups excluding carboxylic acids is 3. The largest absolute Gasteiger partial charge is 0.497 e. The quantitative estimate of drug-likeness (QED) is 0.177. The first-order valence-electron chi connectivity index (χ1n) is 18.3. The molecule has 0 bridgehead atoms. The average Bonchev–Trinajstić information content (AvgIpc) is 3.59. The van der Waals surface area contributed by atoms with Crippen molar-refractivity contribution in [2.24, 2.45) is 5.92 Å². The van der Waals surface area contributed by atoms with Gasteiger partial charge >= 0.3 is 0 Å². The van der Waals surface area contributed by atoms with Gasteiger partial charge in [0, 0.05) is 34.8 Å². The Labute approximate surface area is 316 Å². The van der Waals surface area contributed by atoms with Crippen molar-refractivity contribution < 1.29 is 38.5 Å². The van der Waals surface area contributed by atoms with Gasteiger partial charge in [0.25, 0.3) is 11.8 Å². The van der Waals surface area contributed by atoms with Gasteiger partial charge in [0.2, 0.25) is 5.91 Å². The zero-order valence-corrected chi connectivity index (χ0v) is 32.2. The van der Waals surface area contributed by atoms with Crippen LogP contribution in [0.4, 0.5) is 11.4 Å². The van der Waals surface area contributed by atoms with Crippen molar-refractivity contribution in [1.29, 1.82) is 0 Å². The molecule has 0 aromatic heterocycles. The zero-order valence-electron chi connectivity index (χ0n) is 31.2. The van der Waals surface area contributed by atoms with E-state index in [4.69, 9.17) is 14.2 Å². The van der Waals surface area contributed by atoms with E-state index in [0.717, 1.165) is 16.7 Å². The molecule has 3 heterocycles. The van der Waals surface area contributed by atoms with Crippen LogP contribution >= 0.6 is 0 Å². The molecule has 3 N–H and O–H groups in total. The van der Waals surface area contributed by atoms with E-state index in [0.29, 0.717) is 47.0 Å². The molecule has 0 saturated carbocycles. The van der Waals surface area contributed by atoms with Crippen LogP contribution in [0.1, 0.15) is 46.0 Å². The highest BCUT2D eigenvalue weighted by molar-refractivity contribution is 6.71. The fraction of sp³-hybridized carbons (Fsp3) is 0.357. The standard InChI is InChI=1S/C42H47N3O8Si/c1-26-39(54(4,5)50)37(22-38(47)44-24-30-11-7-6-10-29(30)20-32(44)25-46)53-42(26)35-21-34(52-3)17-18-36(35)45(41(42)49)23-27-9-8-12-31(19-27)43-40(48)28-13-15-33(51-2)16-14-28/h6-19,21,26,32,37,39,46,50H,20,22-25H2,1-5H3,(H,43,48)/t26-,32-,37+,39-,42+/m0/s1. The molecular weight excluding hydrogens is 703 g/mol. The Bertz CT molecular complexity index is 2070. The summed E-state index contributed by atoms with van der Waals surface area (Å²) in [5.74, 6) is -0.0462. The molecule has 1 spiro atoms. The van der Waals surface area contributed by atoms with Gasteiger partial charge in [-0.25, -0.2) is 0 Å². The van der Waals surface area contributed by atoms with Gasteiger partial charge in [-0.1, -0.05) is 43.3 Å². The van der Waals surface area contributed by atoms with E-state index < -0.39 is 31.5 Å². The number of anilines is 2. The number of hydrogen-bond donors (Lipinski definition) is 3. The highest BCUT2D eigenvalue weighted by atomic mass is 28.4. The minimum atomic E-state index is -3.06. The number of hydrogen-bond acceptors (Lipinski definition) is 8. The van der Waals surface area contributed by atoms with Crippen LogP contribution in [0.2, 0.25) is 18.6 Å². The van der Waals surface area contributed by atoms with Gasteiger partial charge in [-0.15, -0.1) is 0 Å². The van der Waals surface area contributed by atoms with Gasteiger partial charge in [0.05, 0.1) is 51.6 Å². The van der Waals surface area contributed by atoms with Crippen molar-refractivity contribution in [3.63, 3.8) is 0 Å². The van der Waals surface area contributed by atoms with Crippen LogP contribution in [0.3, 0.4) is 0 Å². The third kappa shape index (κ3) is 6.68. The molecule has 5 atom stereocenters. The molecule has 7 rings (SSSR count). The van der Waals surface area contributed by atoms with E-state index in [9.17, 15) is 19.5 Å². The Morgan fingerprint density at radius 1 is 0.944 bits per heavy atom. The summed E-state index contributed by atoms with van der Waals surface area (Å²) < 4.78 is 17.8. The molecule has 4 aromatic rings. The summed E-state index contributed by atoms with van der Waals surface area (Å²) in [6, 6.07) is 27.2. The molecule has 3 amide bonds. The summed E-state index contributed by atoms with van der Waals surface area (Å²) in [7, 11) is 0.0702. The Morgan fingerprint density at radius 2 is 1.65 bits per heavy atom. The molecule has 4 aromatic carbocycles.